The smallest absolute Gasteiger partial charge is 0.324 e. The van der Waals surface area contributed by atoms with Gasteiger partial charge >= 0.3 is 5.97 Å². The molecule has 0 saturated heterocycles. The summed E-state index contributed by atoms with van der Waals surface area (Å²) >= 11 is 0. The molecule has 0 bridgehead atoms. The van der Waals surface area contributed by atoms with Crippen molar-refractivity contribution < 1.29 is 17.9 Å². The summed E-state index contributed by atoms with van der Waals surface area (Å²) in [6.45, 7) is 1.90. The summed E-state index contributed by atoms with van der Waals surface area (Å²) in [6.07, 6.45) is 0.252. The molecule has 2 aromatic carbocycles. The van der Waals surface area contributed by atoms with E-state index in [1.165, 1.54) is 19.2 Å². The maximum absolute atomic E-state index is 12.8. The number of hydrogen-bond donors (Lipinski definition) is 0. The van der Waals surface area contributed by atoms with Gasteiger partial charge in [-0.1, -0.05) is 48.5 Å². The Labute approximate surface area is 142 Å². The Balaban J connectivity index is 2.33. The van der Waals surface area contributed by atoms with Gasteiger partial charge in [0.1, 0.15) is 6.04 Å². The lowest BCUT2D eigenvalue weighted by Gasteiger charge is -2.26. The normalized spacial score (nSPS) is 12.8. The van der Waals surface area contributed by atoms with Crippen LogP contribution in [0.25, 0.3) is 0 Å². The fourth-order valence-electron chi connectivity index (χ4n) is 2.36. The van der Waals surface area contributed by atoms with Gasteiger partial charge in [0, 0.05) is 7.05 Å². The molecule has 0 spiro atoms. The Hall–Kier alpha value is -2.18. The van der Waals surface area contributed by atoms with Crippen molar-refractivity contribution in [2.45, 2.75) is 24.3 Å². The SMILES string of the molecule is CCOC(=O)[C@H](Cc1ccccc1)N(C)S(=O)(=O)c1ccccc1. The third-order valence-corrected chi connectivity index (χ3v) is 5.57. The predicted molar refractivity (Wildman–Crippen MR) is 92.0 cm³/mol. The molecule has 6 heteroatoms. The molecule has 0 aliphatic rings. The molecular formula is C18H21NO4S. The molecular weight excluding hydrogens is 326 g/mol. The van der Waals surface area contributed by atoms with Crippen molar-refractivity contribution in [3.05, 3.63) is 66.2 Å². The topological polar surface area (TPSA) is 63.7 Å². The van der Waals surface area contributed by atoms with Crippen LogP contribution in [0.15, 0.2) is 65.6 Å². The number of carbonyl (C=O) groups excluding carboxylic acids is 1. The lowest BCUT2D eigenvalue weighted by atomic mass is 10.1. The highest BCUT2D eigenvalue weighted by Gasteiger charge is 2.33. The monoisotopic (exact) mass is 347 g/mol. The van der Waals surface area contributed by atoms with E-state index >= 15 is 0 Å². The van der Waals surface area contributed by atoms with Gasteiger partial charge in [-0.15, -0.1) is 0 Å². The largest absolute Gasteiger partial charge is 0.465 e. The van der Waals surface area contributed by atoms with E-state index in [2.05, 4.69) is 0 Å². The van der Waals surface area contributed by atoms with Crippen LogP contribution in [0.4, 0.5) is 0 Å². The van der Waals surface area contributed by atoms with Crippen molar-refractivity contribution in [2.24, 2.45) is 0 Å². The standard InChI is InChI=1S/C18H21NO4S/c1-3-23-18(20)17(14-15-10-6-4-7-11-15)19(2)24(21,22)16-12-8-5-9-13-16/h4-13,17H,3,14H2,1-2H3/t17-/m0/s1. The zero-order valence-corrected chi connectivity index (χ0v) is 14.6. The van der Waals surface area contributed by atoms with Crippen LogP contribution in [0.2, 0.25) is 0 Å². The van der Waals surface area contributed by atoms with Crippen LogP contribution in [-0.2, 0) is 26.0 Å². The van der Waals surface area contributed by atoms with Crippen molar-refractivity contribution in [1.29, 1.82) is 0 Å². The quantitative estimate of drug-likeness (QED) is 0.722. The van der Waals surface area contributed by atoms with E-state index in [9.17, 15) is 13.2 Å². The number of ether oxygens (including phenoxy) is 1. The molecule has 1 atom stereocenters. The summed E-state index contributed by atoms with van der Waals surface area (Å²) in [6, 6.07) is 16.4. The maximum atomic E-state index is 12.8. The molecule has 2 rings (SSSR count). The van der Waals surface area contributed by atoms with Crippen LogP contribution < -0.4 is 0 Å². The Morgan fingerprint density at radius 1 is 1.04 bits per heavy atom. The van der Waals surface area contributed by atoms with Crippen molar-refractivity contribution in [3.63, 3.8) is 0 Å². The molecule has 0 aliphatic heterocycles. The average molecular weight is 347 g/mol. The lowest BCUT2D eigenvalue weighted by molar-refractivity contribution is -0.147. The van der Waals surface area contributed by atoms with Gasteiger partial charge in [0.05, 0.1) is 11.5 Å². The van der Waals surface area contributed by atoms with E-state index in [0.717, 1.165) is 9.87 Å². The number of sulfonamides is 1. The molecule has 0 saturated carbocycles. The second kappa shape index (κ2) is 8.08. The molecule has 0 radical (unpaired) electrons. The number of likely N-dealkylation sites (N-methyl/N-ethyl adjacent to an activating group) is 1. The van der Waals surface area contributed by atoms with Crippen molar-refractivity contribution in [2.75, 3.05) is 13.7 Å². The number of benzene rings is 2. The van der Waals surface area contributed by atoms with Gasteiger partial charge in [0.25, 0.3) is 0 Å². The molecule has 5 nitrogen and oxygen atoms in total. The minimum absolute atomic E-state index is 0.148. The zero-order valence-electron chi connectivity index (χ0n) is 13.8. The molecule has 0 aromatic heterocycles. The predicted octanol–water partition coefficient (Wildman–Crippen LogP) is 2.48. The van der Waals surface area contributed by atoms with Crippen molar-refractivity contribution >= 4 is 16.0 Å². The summed E-state index contributed by atoms with van der Waals surface area (Å²) in [5.74, 6) is -0.552. The van der Waals surface area contributed by atoms with Crippen LogP contribution in [0.5, 0.6) is 0 Å². The minimum Gasteiger partial charge on any atom is -0.465 e. The molecule has 0 fully saturated rings. The Bertz CT molecular complexity index is 760. The van der Waals surface area contributed by atoms with Crippen LogP contribution in [-0.4, -0.2) is 38.4 Å². The maximum Gasteiger partial charge on any atom is 0.324 e. The Kier molecular flexibility index (Phi) is 6.11. The van der Waals surface area contributed by atoms with E-state index < -0.39 is 22.0 Å². The van der Waals surface area contributed by atoms with Gasteiger partial charge in [0.2, 0.25) is 10.0 Å². The highest BCUT2D eigenvalue weighted by atomic mass is 32.2. The van der Waals surface area contributed by atoms with Crippen LogP contribution >= 0.6 is 0 Å². The van der Waals surface area contributed by atoms with E-state index in [1.807, 2.05) is 30.3 Å². The molecule has 0 N–H and O–H groups in total. The summed E-state index contributed by atoms with van der Waals surface area (Å²) in [7, 11) is -2.38. The number of esters is 1. The van der Waals surface area contributed by atoms with Gasteiger partial charge < -0.3 is 4.74 Å². The van der Waals surface area contributed by atoms with E-state index in [0.29, 0.717) is 0 Å². The first-order chi connectivity index (χ1) is 11.5. The second-order valence-corrected chi connectivity index (χ2v) is 7.29. The average Bonchev–Trinajstić information content (AvgIpc) is 2.61. The molecule has 2 aromatic rings. The molecule has 0 heterocycles. The van der Waals surface area contributed by atoms with Crippen LogP contribution in [0.3, 0.4) is 0 Å². The fraction of sp³-hybridized carbons (Fsp3) is 0.278. The van der Waals surface area contributed by atoms with Gasteiger partial charge in [-0.2, -0.15) is 4.31 Å². The highest BCUT2D eigenvalue weighted by Crippen LogP contribution is 2.19. The zero-order chi connectivity index (χ0) is 17.6. The first-order valence-electron chi connectivity index (χ1n) is 7.70. The first-order valence-corrected chi connectivity index (χ1v) is 9.14. The summed E-state index contributed by atoms with van der Waals surface area (Å²) < 4.78 is 31.8. The third-order valence-electron chi connectivity index (χ3n) is 3.69. The molecule has 128 valence electrons. The number of nitrogens with zero attached hydrogens (tertiary/aromatic N) is 1. The van der Waals surface area contributed by atoms with E-state index in [4.69, 9.17) is 4.74 Å². The Morgan fingerprint density at radius 2 is 1.58 bits per heavy atom. The van der Waals surface area contributed by atoms with E-state index in [1.54, 1.807) is 25.1 Å². The van der Waals surface area contributed by atoms with Gasteiger partial charge in [-0.05, 0) is 31.0 Å². The Morgan fingerprint density at radius 3 is 2.12 bits per heavy atom. The highest BCUT2D eigenvalue weighted by molar-refractivity contribution is 7.89. The van der Waals surface area contributed by atoms with Crippen LogP contribution in [0.1, 0.15) is 12.5 Å². The summed E-state index contributed by atoms with van der Waals surface area (Å²) in [5.41, 5.74) is 0.866. The number of rotatable bonds is 7. The third kappa shape index (κ3) is 4.21. The van der Waals surface area contributed by atoms with Crippen molar-refractivity contribution in [1.82, 2.24) is 4.31 Å². The van der Waals surface area contributed by atoms with Gasteiger partial charge in [-0.25, -0.2) is 8.42 Å². The molecule has 0 unspecified atom stereocenters. The second-order valence-electron chi connectivity index (χ2n) is 5.29. The van der Waals surface area contributed by atoms with Gasteiger partial charge in [-0.3, -0.25) is 4.79 Å². The number of hydrogen-bond acceptors (Lipinski definition) is 4. The lowest BCUT2D eigenvalue weighted by Crippen LogP contribution is -2.44. The molecule has 24 heavy (non-hydrogen) atoms. The van der Waals surface area contributed by atoms with Crippen molar-refractivity contribution in [3.8, 4) is 0 Å². The molecule has 0 amide bonds. The fourth-order valence-corrected chi connectivity index (χ4v) is 3.69. The number of carbonyl (C=O) groups is 1. The molecule has 0 aliphatic carbocycles. The minimum atomic E-state index is -3.79. The van der Waals surface area contributed by atoms with Crippen LogP contribution in [0, 0.1) is 0 Å². The summed E-state index contributed by atoms with van der Waals surface area (Å²) in [5, 5.41) is 0. The first kappa shape index (κ1) is 18.2. The van der Waals surface area contributed by atoms with E-state index in [-0.39, 0.29) is 17.9 Å². The summed E-state index contributed by atoms with van der Waals surface area (Å²) in [4.78, 5) is 12.5. The van der Waals surface area contributed by atoms with Gasteiger partial charge in [0.15, 0.2) is 0 Å².